The summed E-state index contributed by atoms with van der Waals surface area (Å²) < 4.78 is 6.82. The van der Waals surface area contributed by atoms with Crippen molar-refractivity contribution in [3.63, 3.8) is 0 Å². The lowest BCUT2D eigenvalue weighted by molar-refractivity contribution is -0.123. The van der Waals surface area contributed by atoms with Crippen LogP contribution < -0.4 is 0 Å². The maximum absolute atomic E-state index is 12.8. The third-order valence-electron chi connectivity index (χ3n) is 7.15. The first-order valence-corrected chi connectivity index (χ1v) is 11.9. The van der Waals surface area contributed by atoms with E-state index in [-0.39, 0.29) is 16.6 Å². The van der Waals surface area contributed by atoms with Gasteiger partial charge in [-0.1, -0.05) is 45.9 Å². The number of carbonyl (C=O) groups excluding carboxylic acids is 1. The minimum absolute atomic E-state index is 0.200. The molecular weight excluding hydrogens is 300 g/mol. The van der Waals surface area contributed by atoms with Crippen LogP contribution in [0.15, 0.2) is 24.3 Å². The molecular formula is C20H32O2Si. The van der Waals surface area contributed by atoms with Crippen molar-refractivity contribution in [3.05, 3.63) is 24.3 Å². The molecule has 0 radical (unpaired) electrons. The molecule has 6 atom stereocenters. The van der Waals surface area contributed by atoms with E-state index >= 15 is 0 Å². The quantitative estimate of drug-likeness (QED) is 0.538. The number of ketones is 1. The summed E-state index contributed by atoms with van der Waals surface area (Å²) in [6.45, 7) is 20.1. The van der Waals surface area contributed by atoms with Crippen LogP contribution in [-0.2, 0) is 9.22 Å². The molecule has 2 saturated carbocycles. The van der Waals surface area contributed by atoms with Crippen LogP contribution in [0.25, 0.3) is 0 Å². The Kier molecular flexibility index (Phi) is 3.67. The highest BCUT2D eigenvalue weighted by Gasteiger charge is 2.77. The fourth-order valence-corrected chi connectivity index (χ4v) is 6.43. The summed E-state index contributed by atoms with van der Waals surface area (Å²) in [6, 6.07) is 0. The van der Waals surface area contributed by atoms with Gasteiger partial charge in [0.1, 0.15) is 0 Å². The molecule has 0 amide bonds. The summed E-state index contributed by atoms with van der Waals surface area (Å²) in [5, 5.41) is 0.200. The van der Waals surface area contributed by atoms with Crippen LogP contribution in [0.3, 0.4) is 0 Å². The highest BCUT2D eigenvalue weighted by Crippen LogP contribution is 2.75. The summed E-state index contributed by atoms with van der Waals surface area (Å²) in [6.07, 6.45) is 5.30. The highest BCUT2D eigenvalue weighted by atomic mass is 28.4. The lowest BCUT2D eigenvalue weighted by Crippen LogP contribution is -2.47. The molecule has 0 N–H and O–H groups in total. The molecule has 0 bridgehead atoms. The minimum atomic E-state index is -1.83. The Morgan fingerprint density at radius 3 is 2.52 bits per heavy atom. The van der Waals surface area contributed by atoms with Gasteiger partial charge >= 0.3 is 0 Å². The van der Waals surface area contributed by atoms with E-state index in [9.17, 15) is 4.79 Å². The average molecular weight is 333 g/mol. The fourth-order valence-electron chi connectivity index (χ4n) is 5.07. The number of allylic oxidation sites excluding steroid dienone is 3. The molecule has 3 aliphatic rings. The Hall–Kier alpha value is -0.673. The van der Waals surface area contributed by atoms with Gasteiger partial charge in [0.05, 0.1) is 5.41 Å². The van der Waals surface area contributed by atoms with Crippen molar-refractivity contribution in [2.24, 2.45) is 29.1 Å². The standard InChI is InChI=1S/C20H32O2Si/c1-12(2)17-18-15(22-23(7,8)19(4,5)6)11-13(3)14-9-10-16(21)20(14,17)18/h9-10,13-15,17-18H,1,11H2,2-8H3/t13-,14+,15+,17+,18-,20-/m1/s1. The van der Waals surface area contributed by atoms with Crippen molar-refractivity contribution in [2.75, 3.05) is 0 Å². The van der Waals surface area contributed by atoms with Crippen molar-refractivity contribution >= 4 is 14.1 Å². The van der Waals surface area contributed by atoms with Gasteiger partial charge in [0.25, 0.3) is 0 Å². The summed E-state index contributed by atoms with van der Waals surface area (Å²) in [5.74, 6) is 1.89. The smallest absolute Gasteiger partial charge is 0.192 e. The molecule has 1 spiro atoms. The highest BCUT2D eigenvalue weighted by molar-refractivity contribution is 6.74. The maximum Gasteiger partial charge on any atom is 0.192 e. The average Bonchev–Trinajstić information content (AvgIpc) is 2.97. The zero-order valence-corrected chi connectivity index (χ0v) is 16.8. The lowest BCUT2D eigenvalue weighted by atomic mass is 9.72. The summed E-state index contributed by atoms with van der Waals surface area (Å²) in [7, 11) is -1.83. The van der Waals surface area contributed by atoms with E-state index in [1.54, 1.807) is 0 Å². The predicted octanol–water partition coefficient (Wildman–Crippen LogP) is 4.98. The van der Waals surface area contributed by atoms with Crippen LogP contribution in [0.4, 0.5) is 0 Å². The molecule has 3 heteroatoms. The fraction of sp³-hybridized carbons (Fsp3) is 0.750. The molecule has 0 saturated heterocycles. The van der Waals surface area contributed by atoms with E-state index in [0.29, 0.717) is 29.5 Å². The molecule has 0 aromatic rings. The third-order valence-corrected chi connectivity index (χ3v) is 11.7. The monoisotopic (exact) mass is 332 g/mol. The van der Waals surface area contributed by atoms with Crippen LogP contribution in [0.5, 0.6) is 0 Å². The first kappa shape index (κ1) is 17.2. The van der Waals surface area contributed by atoms with Crippen molar-refractivity contribution in [1.82, 2.24) is 0 Å². The molecule has 3 rings (SSSR count). The van der Waals surface area contributed by atoms with Gasteiger partial charge in [-0.05, 0) is 55.3 Å². The molecule has 0 unspecified atom stereocenters. The maximum atomic E-state index is 12.8. The second-order valence-corrected chi connectivity index (χ2v) is 14.4. The van der Waals surface area contributed by atoms with Gasteiger partial charge < -0.3 is 4.43 Å². The van der Waals surface area contributed by atoms with Crippen molar-refractivity contribution in [1.29, 1.82) is 0 Å². The van der Waals surface area contributed by atoms with Gasteiger partial charge in [-0.3, -0.25) is 4.79 Å². The topological polar surface area (TPSA) is 26.3 Å². The van der Waals surface area contributed by atoms with E-state index in [0.717, 1.165) is 12.0 Å². The lowest BCUT2D eigenvalue weighted by Gasteiger charge is -2.43. The van der Waals surface area contributed by atoms with E-state index in [4.69, 9.17) is 4.43 Å². The number of hydrogen-bond donors (Lipinski definition) is 0. The largest absolute Gasteiger partial charge is 0.414 e. The van der Waals surface area contributed by atoms with Gasteiger partial charge in [0.15, 0.2) is 14.1 Å². The summed E-state index contributed by atoms with van der Waals surface area (Å²) >= 11 is 0. The molecule has 2 nitrogen and oxygen atoms in total. The minimum Gasteiger partial charge on any atom is -0.414 e. The van der Waals surface area contributed by atoms with Gasteiger partial charge in [0.2, 0.25) is 0 Å². The molecule has 23 heavy (non-hydrogen) atoms. The second-order valence-electron chi connectivity index (χ2n) is 9.66. The van der Waals surface area contributed by atoms with E-state index < -0.39 is 8.32 Å². The molecule has 3 aliphatic carbocycles. The van der Waals surface area contributed by atoms with Gasteiger partial charge in [-0.15, -0.1) is 0 Å². The van der Waals surface area contributed by atoms with Gasteiger partial charge in [-0.2, -0.15) is 0 Å². The van der Waals surface area contributed by atoms with Crippen LogP contribution in [0.1, 0.15) is 41.0 Å². The Bertz CT molecular complexity index is 583. The van der Waals surface area contributed by atoms with Crippen LogP contribution in [-0.4, -0.2) is 20.2 Å². The van der Waals surface area contributed by atoms with Gasteiger partial charge in [0, 0.05) is 12.0 Å². The number of hydrogen-bond acceptors (Lipinski definition) is 2. The van der Waals surface area contributed by atoms with Crippen molar-refractivity contribution in [3.8, 4) is 0 Å². The van der Waals surface area contributed by atoms with E-state index in [1.165, 1.54) is 0 Å². The second kappa shape index (κ2) is 4.92. The van der Waals surface area contributed by atoms with Crippen molar-refractivity contribution in [2.45, 2.75) is 65.3 Å². The van der Waals surface area contributed by atoms with E-state index in [2.05, 4.69) is 60.4 Å². The Morgan fingerprint density at radius 2 is 2.00 bits per heavy atom. The first-order chi connectivity index (χ1) is 10.4. The third kappa shape index (κ3) is 2.19. The Labute approximate surface area is 142 Å². The molecule has 0 aromatic carbocycles. The molecule has 0 heterocycles. The first-order valence-electron chi connectivity index (χ1n) is 9.00. The summed E-state index contributed by atoms with van der Waals surface area (Å²) in [4.78, 5) is 12.8. The zero-order valence-electron chi connectivity index (χ0n) is 15.8. The SMILES string of the molecule is C=C(C)[C@H]1[C@H]2[C@@H](O[Si](C)(C)C(C)(C)C)C[C@@H](C)[C@@H]3C=CC(=O)[C@]231. The van der Waals surface area contributed by atoms with Crippen LogP contribution in [0.2, 0.25) is 18.1 Å². The predicted molar refractivity (Wildman–Crippen MR) is 97.7 cm³/mol. The molecule has 2 fully saturated rings. The Morgan fingerprint density at radius 1 is 1.39 bits per heavy atom. The van der Waals surface area contributed by atoms with Crippen LogP contribution in [0, 0.1) is 29.1 Å². The normalized spacial score (nSPS) is 42.4. The number of rotatable bonds is 3. The molecule has 0 aliphatic heterocycles. The molecule has 0 aromatic heterocycles. The Balaban J connectivity index is 1.93. The van der Waals surface area contributed by atoms with Crippen molar-refractivity contribution < 1.29 is 9.22 Å². The van der Waals surface area contributed by atoms with Gasteiger partial charge in [-0.25, -0.2) is 0 Å². The zero-order chi connectivity index (χ0) is 17.4. The number of carbonyl (C=O) groups is 1. The summed E-state index contributed by atoms with van der Waals surface area (Å²) in [5.41, 5.74) is 0.950. The van der Waals surface area contributed by atoms with E-state index in [1.807, 2.05) is 6.08 Å². The molecule has 128 valence electrons. The van der Waals surface area contributed by atoms with Crippen LogP contribution >= 0.6 is 0 Å².